The Morgan fingerprint density at radius 2 is 1.55 bits per heavy atom. The molecule has 0 bridgehead atoms. The molecule has 8 nitrogen and oxygen atoms in total. The molecule has 0 heterocycles. The zero-order valence-electron chi connectivity index (χ0n) is 17.9. The number of carbonyl (C=O) groups is 1. The Labute approximate surface area is 173 Å². The van der Waals surface area contributed by atoms with Crippen LogP contribution in [0.2, 0.25) is 0 Å². The molecule has 0 radical (unpaired) electrons. The second-order valence-corrected chi connectivity index (χ2v) is 8.83. The number of rotatable bonds is 9. The summed E-state index contributed by atoms with van der Waals surface area (Å²) in [7, 11) is 0.259. The predicted octanol–water partition coefficient (Wildman–Crippen LogP) is 2.81. The summed E-state index contributed by atoms with van der Waals surface area (Å²) in [5.74, 6) is -0.135. The smallest absolute Gasteiger partial charge is 0.255 e. The molecule has 164 valence electrons. The van der Waals surface area contributed by atoms with E-state index in [0.717, 1.165) is 32.1 Å². The SMILES string of the molecule is CCN(CC)S(=O)(=O)c1cc(C(=O)NC2CCCCC2)c(OC)c(OC)c1OC. The Balaban J connectivity index is 2.62. The molecule has 0 spiro atoms. The maximum absolute atomic E-state index is 13.2. The Bertz CT molecular complexity index is 815. The number of nitrogens with one attached hydrogen (secondary N) is 1. The summed E-state index contributed by atoms with van der Waals surface area (Å²) in [5.41, 5.74) is 0.112. The molecule has 1 aromatic rings. The van der Waals surface area contributed by atoms with Crippen LogP contribution in [0.5, 0.6) is 17.2 Å². The summed E-state index contributed by atoms with van der Waals surface area (Å²) < 4.78 is 44.0. The van der Waals surface area contributed by atoms with E-state index in [-0.39, 0.29) is 39.7 Å². The fraction of sp³-hybridized carbons (Fsp3) is 0.650. The number of sulfonamides is 1. The van der Waals surface area contributed by atoms with Gasteiger partial charge in [-0.3, -0.25) is 4.79 Å². The second-order valence-electron chi connectivity index (χ2n) is 6.92. The summed E-state index contributed by atoms with van der Waals surface area (Å²) in [6, 6.07) is 1.39. The topological polar surface area (TPSA) is 94.2 Å². The van der Waals surface area contributed by atoms with Gasteiger partial charge in [0.05, 0.1) is 26.9 Å². The Hall–Kier alpha value is -2.00. The van der Waals surface area contributed by atoms with E-state index in [4.69, 9.17) is 14.2 Å². The Kier molecular flexibility index (Phi) is 8.15. The maximum atomic E-state index is 13.2. The number of benzene rings is 1. The van der Waals surface area contributed by atoms with Crippen molar-refractivity contribution in [3.8, 4) is 17.2 Å². The monoisotopic (exact) mass is 428 g/mol. The van der Waals surface area contributed by atoms with Crippen molar-refractivity contribution < 1.29 is 27.4 Å². The van der Waals surface area contributed by atoms with Gasteiger partial charge in [0, 0.05) is 19.1 Å². The van der Waals surface area contributed by atoms with Crippen LogP contribution in [-0.4, -0.2) is 59.1 Å². The first kappa shape index (κ1) is 23.3. The van der Waals surface area contributed by atoms with Crippen LogP contribution < -0.4 is 19.5 Å². The van der Waals surface area contributed by atoms with Crippen LogP contribution in [0.1, 0.15) is 56.3 Å². The first-order chi connectivity index (χ1) is 13.8. The molecule has 0 unspecified atom stereocenters. The average molecular weight is 429 g/mol. The molecule has 0 aliphatic heterocycles. The molecule has 0 aromatic heterocycles. The fourth-order valence-corrected chi connectivity index (χ4v) is 5.39. The van der Waals surface area contributed by atoms with E-state index >= 15 is 0 Å². The van der Waals surface area contributed by atoms with Gasteiger partial charge in [-0.05, 0) is 18.9 Å². The molecule has 1 saturated carbocycles. The van der Waals surface area contributed by atoms with Crippen LogP contribution in [0.3, 0.4) is 0 Å². The lowest BCUT2D eigenvalue weighted by Crippen LogP contribution is -2.36. The second kappa shape index (κ2) is 10.2. The highest BCUT2D eigenvalue weighted by Crippen LogP contribution is 2.45. The Morgan fingerprint density at radius 1 is 1.00 bits per heavy atom. The average Bonchev–Trinajstić information content (AvgIpc) is 2.73. The summed E-state index contributed by atoms with van der Waals surface area (Å²) in [6.45, 7) is 4.09. The third-order valence-electron chi connectivity index (χ3n) is 5.28. The third kappa shape index (κ3) is 4.78. The molecular formula is C20H32N2O6S. The zero-order valence-corrected chi connectivity index (χ0v) is 18.7. The molecule has 2 rings (SSSR count). The summed E-state index contributed by atoms with van der Waals surface area (Å²) in [4.78, 5) is 12.9. The van der Waals surface area contributed by atoms with Crippen LogP contribution in [0, 0.1) is 0 Å². The zero-order chi connectivity index (χ0) is 21.6. The molecule has 29 heavy (non-hydrogen) atoms. The highest BCUT2D eigenvalue weighted by Gasteiger charge is 2.33. The normalized spacial score (nSPS) is 15.2. The highest BCUT2D eigenvalue weighted by molar-refractivity contribution is 7.89. The molecule has 1 amide bonds. The van der Waals surface area contributed by atoms with Crippen LogP contribution in [0.15, 0.2) is 11.0 Å². The van der Waals surface area contributed by atoms with E-state index in [1.165, 1.54) is 31.7 Å². The van der Waals surface area contributed by atoms with Crippen molar-refractivity contribution in [2.24, 2.45) is 0 Å². The number of methoxy groups -OCH3 is 3. The van der Waals surface area contributed by atoms with Crippen LogP contribution in [-0.2, 0) is 10.0 Å². The summed E-state index contributed by atoms with van der Waals surface area (Å²) in [5, 5.41) is 3.01. The summed E-state index contributed by atoms with van der Waals surface area (Å²) >= 11 is 0. The van der Waals surface area contributed by atoms with Gasteiger partial charge >= 0.3 is 0 Å². The number of hydrogen-bond donors (Lipinski definition) is 1. The molecule has 1 aliphatic rings. The molecular weight excluding hydrogens is 396 g/mol. The molecule has 1 N–H and O–H groups in total. The molecule has 1 fully saturated rings. The van der Waals surface area contributed by atoms with Crippen molar-refractivity contribution in [2.45, 2.75) is 56.9 Å². The van der Waals surface area contributed by atoms with Gasteiger partial charge in [0.2, 0.25) is 15.8 Å². The lowest BCUT2D eigenvalue weighted by molar-refractivity contribution is 0.0923. The first-order valence-corrected chi connectivity index (χ1v) is 11.4. The molecule has 1 aliphatic carbocycles. The van der Waals surface area contributed by atoms with E-state index in [1.54, 1.807) is 13.8 Å². The molecule has 1 aromatic carbocycles. The fourth-order valence-electron chi connectivity index (χ4n) is 3.75. The van der Waals surface area contributed by atoms with Crippen molar-refractivity contribution in [3.05, 3.63) is 11.6 Å². The predicted molar refractivity (Wildman–Crippen MR) is 111 cm³/mol. The number of nitrogens with zero attached hydrogens (tertiary/aromatic N) is 1. The van der Waals surface area contributed by atoms with E-state index in [1.807, 2.05) is 0 Å². The van der Waals surface area contributed by atoms with Crippen LogP contribution in [0.25, 0.3) is 0 Å². The van der Waals surface area contributed by atoms with Gasteiger partial charge < -0.3 is 19.5 Å². The van der Waals surface area contributed by atoms with Crippen molar-refractivity contribution in [3.63, 3.8) is 0 Å². The van der Waals surface area contributed by atoms with Crippen LogP contribution in [0.4, 0.5) is 0 Å². The van der Waals surface area contributed by atoms with Gasteiger partial charge in [-0.1, -0.05) is 33.1 Å². The highest BCUT2D eigenvalue weighted by atomic mass is 32.2. The van der Waals surface area contributed by atoms with E-state index < -0.39 is 10.0 Å². The minimum absolute atomic E-state index is 0.0190. The van der Waals surface area contributed by atoms with Gasteiger partial charge in [0.1, 0.15) is 4.90 Å². The Morgan fingerprint density at radius 3 is 2.03 bits per heavy atom. The standard InChI is InChI=1S/C20H32N2O6S/c1-6-22(7-2)29(24,25)16-13-15(17(26-3)19(28-5)18(16)27-4)20(23)21-14-11-9-8-10-12-14/h13-14H,6-12H2,1-5H3,(H,21,23). The van der Waals surface area contributed by atoms with Gasteiger partial charge in [-0.25, -0.2) is 8.42 Å². The van der Waals surface area contributed by atoms with E-state index in [0.29, 0.717) is 13.1 Å². The van der Waals surface area contributed by atoms with Crippen molar-refractivity contribution in [1.82, 2.24) is 9.62 Å². The van der Waals surface area contributed by atoms with Gasteiger partial charge in [0.15, 0.2) is 11.5 Å². The lowest BCUT2D eigenvalue weighted by Gasteiger charge is -2.25. The quantitative estimate of drug-likeness (QED) is 0.650. The number of hydrogen-bond acceptors (Lipinski definition) is 6. The van der Waals surface area contributed by atoms with Gasteiger partial charge in [0.25, 0.3) is 5.91 Å². The van der Waals surface area contributed by atoms with E-state index in [2.05, 4.69) is 5.32 Å². The molecule has 0 atom stereocenters. The number of ether oxygens (including phenoxy) is 3. The van der Waals surface area contributed by atoms with Crippen molar-refractivity contribution in [2.75, 3.05) is 34.4 Å². The minimum Gasteiger partial charge on any atom is -0.492 e. The number of carbonyl (C=O) groups excluding carboxylic acids is 1. The largest absolute Gasteiger partial charge is 0.492 e. The maximum Gasteiger partial charge on any atom is 0.255 e. The minimum atomic E-state index is -3.90. The van der Waals surface area contributed by atoms with Crippen molar-refractivity contribution in [1.29, 1.82) is 0 Å². The third-order valence-corrected chi connectivity index (χ3v) is 7.33. The van der Waals surface area contributed by atoms with E-state index in [9.17, 15) is 13.2 Å². The first-order valence-electron chi connectivity index (χ1n) is 9.99. The van der Waals surface area contributed by atoms with Gasteiger partial charge in [-0.15, -0.1) is 0 Å². The molecule has 9 heteroatoms. The molecule has 0 saturated heterocycles. The van der Waals surface area contributed by atoms with Crippen molar-refractivity contribution >= 4 is 15.9 Å². The van der Waals surface area contributed by atoms with Gasteiger partial charge in [-0.2, -0.15) is 4.31 Å². The van der Waals surface area contributed by atoms with Crippen LogP contribution >= 0.6 is 0 Å². The summed E-state index contributed by atoms with van der Waals surface area (Å²) in [6.07, 6.45) is 5.11. The lowest BCUT2D eigenvalue weighted by atomic mass is 9.95. The number of amides is 1.